The fourth-order valence-electron chi connectivity index (χ4n) is 5.78. The average molecular weight is 580 g/mol. The number of aliphatic hydroxyl groups excluding tert-OH is 1. The summed E-state index contributed by atoms with van der Waals surface area (Å²) in [6, 6.07) is 20.2. The van der Waals surface area contributed by atoms with E-state index in [1.807, 2.05) is 30.3 Å². The van der Waals surface area contributed by atoms with Gasteiger partial charge in [0, 0.05) is 36.4 Å². The quantitative estimate of drug-likeness (QED) is 0.279. The molecule has 3 aromatic carbocycles. The third-order valence-electron chi connectivity index (χ3n) is 7.53. The largest absolute Gasteiger partial charge is 0.573 e. The minimum absolute atomic E-state index is 0.0639. The van der Waals surface area contributed by atoms with E-state index in [1.165, 1.54) is 23.1 Å². The van der Waals surface area contributed by atoms with Crippen molar-refractivity contribution in [3.63, 3.8) is 0 Å². The summed E-state index contributed by atoms with van der Waals surface area (Å²) in [5.41, 5.74) is 2.44. The molecule has 5 rings (SSSR count). The highest BCUT2D eigenvalue weighted by Gasteiger charge is 2.47. The molecule has 11 heteroatoms. The van der Waals surface area contributed by atoms with E-state index in [2.05, 4.69) is 16.6 Å². The Kier molecular flexibility index (Phi) is 7.86. The lowest BCUT2D eigenvalue weighted by Crippen LogP contribution is -2.44. The van der Waals surface area contributed by atoms with Crippen molar-refractivity contribution >= 4 is 11.4 Å². The lowest BCUT2D eigenvalue weighted by atomic mass is 9.71. The zero-order valence-corrected chi connectivity index (χ0v) is 22.0. The molecular formula is C30H29F6N2O3-. The second-order valence-electron chi connectivity index (χ2n) is 10.4. The molecule has 2 aliphatic rings. The first-order chi connectivity index (χ1) is 19.3. The molecule has 3 aromatic rings. The van der Waals surface area contributed by atoms with E-state index in [4.69, 9.17) is 4.74 Å². The summed E-state index contributed by atoms with van der Waals surface area (Å²) >= 11 is 0. The van der Waals surface area contributed by atoms with Crippen molar-refractivity contribution in [1.82, 2.24) is 0 Å². The van der Waals surface area contributed by atoms with Crippen molar-refractivity contribution in [3.05, 3.63) is 96.4 Å². The number of fused-ring (bicyclic) bond motifs is 1. The van der Waals surface area contributed by atoms with Crippen LogP contribution in [-0.2, 0) is 16.6 Å². The maximum absolute atomic E-state index is 13.4. The number of nitrogens with zero attached hydrogens (tertiary/aromatic N) is 2. The van der Waals surface area contributed by atoms with Gasteiger partial charge >= 0.3 is 12.5 Å². The summed E-state index contributed by atoms with van der Waals surface area (Å²) in [4.78, 5) is 3.61. The van der Waals surface area contributed by atoms with Gasteiger partial charge in [0.25, 0.3) is 0 Å². The number of morpholine rings is 1. The van der Waals surface area contributed by atoms with Crippen molar-refractivity contribution in [2.75, 3.05) is 42.6 Å². The van der Waals surface area contributed by atoms with Crippen LogP contribution in [0.1, 0.15) is 16.7 Å². The Labute approximate surface area is 233 Å². The maximum Gasteiger partial charge on any atom is 0.573 e. The van der Waals surface area contributed by atoms with E-state index in [9.17, 15) is 31.4 Å². The summed E-state index contributed by atoms with van der Waals surface area (Å²) in [6.07, 6.45) is -12.3. The highest BCUT2D eigenvalue weighted by atomic mass is 19.4. The van der Waals surface area contributed by atoms with Gasteiger partial charge in [0.2, 0.25) is 0 Å². The first-order valence-electron chi connectivity index (χ1n) is 13.1. The summed E-state index contributed by atoms with van der Waals surface area (Å²) < 4.78 is 88.8. The van der Waals surface area contributed by atoms with Gasteiger partial charge in [-0.25, -0.2) is 0 Å². The first-order valence-corrected chi connectivity index (χ1v) is 13.1. The number of anilines is 2. The van der Waals surface area contributed by atoms with Gasteiger partial charge in [-0.15, -0.1) is 13.2 Å². The Morgan fingerprint density at radius 3 is 2.49 bits per heavy atom. The molecule has 0 spiro atoms. The van der Waals surface area contributed by atoms with Crippen LogP contribution in [0.3, 0.4) is 0 Å². The molecule has 41 heavy (non-hydrogen) atoms. The van der Waals surface area contributed by atoms with Crippen LogP contribution in [0.2, 0.25) is 0 Å². The smallest absolute Gasteiger partial charge is 0.407 e. The predicted molar refractivity (Wildman–Crippen MR) is 142 cm³/mol. The number of hydrogen-bond donors (Lipinski definition) is 1. The minimum atomic E-state index is -4.88. The highest BCUT2D eigenvalue weighted by Crippen LogP contribution is 2.48. The van der Waals surface area contributed by atoms with Crippen molar-refractivity contribution < 1.29 is 40.9 Å². The van der Waals surface area contributed by atoms with Gasteiger partial charge in [0.05, 0.1) is 13.2 Å². The molecule has 220 valence electrons. The van der Waals surface area contributed by atoms with Crippen LogP contribution in [0.25, 0.3) is 0 Å². The molecular weight excluding hydrogens is 550 g/mol. The maximum atomic E-state index is 13.4. The van der Waals surface area contributed by atoms with Gasteiger partial charge < -0.3 is 31.3 Å². The molecule has 0 radical (unpaired) electrons. The molecule has 0 bridgehead atoms. The van der Waals surface area contributed by atoms with Gasteiger partial charge in [-0.3, -0.25) is 0 Å². The molecule has 0 aromatic heterocycles. The number of halogens is 6. The Bertz CT molecular complexity index is 1360. The molecule has 3 atom stereocenters. The first kappa shape index (κ1) is 29.1. The lowest BCUT2D eigenvalue weighted by Gasteiger charge is -2.38. The Balaban J connectivity index is 1.60. The molecule has 1 N–H and O–H groups in total. The van der Waals surface area contributed by atoms with Gasteiger partial charge in [0.1, 0.15) is 5.75 Å². The fourth-order valence-corrected chi connectivity index (χ4v) is 5.78. The van der Waals surface area contributed by atoms with Crippen molar-refractivity contribution in [1.29, 1.82) is 0 Å². The Morgan fingerprint density at radius 2 is 1.76 bits per heavy atom. The average Bonchev–Trinajstić information content (AvgIpc) is 3.21. The van der Waals surface area contributed by atoms with Crippen molar-refractivity contribution in [3.8, 4) is 5.75 Å². The van der Waals surface area contributed by atoms with Gasteiger partial charge in [-0.1, -0.05) is 42.5 Å². The van der Waals surface area contributed by atoms with Crippen molar-refractivity contribution in [2.24, 2.45) is 0 Å². The van der Waals surface area contributed by atoms with E-state index in [-0.39, 0.29) is 24.8 Å². The van der Waals surface area contributed by atoms with Crippen LogP contribution < -0.4 is 14.5 Å². The number of rotatable bonds is 7. The molecule has 1 fully saturated rings. The SMILES string of the molecule is [CH2-]C1CN(c2cccc(C3(Cc4cccc(OC(F)(F)F)c4)CN(CC(O)C(F)(F)F)c4ccccc43)c2)CCO1. The second kappa shape index (κ2) is 11.1. The number of benzene rings is 3. The standard InChI is InChI=1S/C30H29F6N2O3/c1-20-17-37(12-13-40-20)23-8-5-7-22(15-23)28(16-21-6-4-9-24(14-21)41-30(34,35)36)19-38(18-27(39)29(31,32)33)26-11-3-2-10-25(26)28/h2-11,14-15,20,27,39H,1,12-13,16-19H2/q-1. The van der Waals surface area contributed by atoms with Gasteiger partial charge in [-0.2, -0.15) is 13.2 Å². The minimum Gasteiger partial charge on any atom is -0.407 e. The van der Waals surface area contributed by atoms with Gasteiger partial charge in [0.15, 0.2) is 6.10 Å². The second-order valence-corrected chi connectivity index (χ2v) is 10.4. The zero-order chi connectivity index (χ0) is 29.4. The molecule has 0 amide bonds. The van der Waals surface area contributed by atoms with Crippen LogP contribution >= 0.6 is 0 Å². The monoisotopic (exact) mass is 579 g/mol. The molecule has 3 unspecified atom stereocenters. The molecule has 2 aliphatic heterocycles. The summed E-state index contributed by atoms with van der Waals surface area (Å²) in [5.74, 6) is -0.385. The Morgan fingerprint density at radius 1 is 1.00 bits per heavy atom. The third-order valence-corrected chi connectivity index (χ3v) is 7.53. The molecule has 0 aliphatic carbocycles. The van der Waals surface area contributed by atoms with E-state index in [1.54, 1.807) is 24.3 Å². The highest BCUT2D eigenvalue weighted by molar-refractivity contribution is 5.68. The molecule has 1 saturated heterocycles. The summed E-state index contributed by atoms with van der Waals surface area (Å²) in [7, 11) is 0. The van der Waals surface area contributed by atoms with Gasteiger partial charge in [-0.05, 0) is 59.5 Å². The van der Waals surface area contributed by atoms with E-state index < -0.39 is 30.6 Å². The third kappa shape index (κ3) is 6.41. The fraction of sp³-hybridized carbons (Fsp3) is 0.367. The summed E-state index contributed by atoms with van der Waals surface area (Å²) in [6.45, 7) is 5.02. The van der Waals surface area contributed by atoms with Crippen LogP contribution in [0.15, 0.2) is 72.8 Å². The number of aliphatic hydroxyl groups is 1. The van der Waals surface area contributed by atoms with Crippen LogP contribution in [0.4, 0.5) is 37.7 Å². The number of para-hydroxylation sites is 1. The van der Waals surface area contributed by atoms with E-state index >= 15 is 0 Å². The number of alkyl halides is 6. The normalized spacial score (nSPS) is 22.0. The number of hydrogen-bond acceptors (Lipinski definition) is 5. The summed E-state index contributed by atoms with van der Waals surface area (Å²) in [5, 5.41) is 9.97. The van der Waals surface area contributed by atoms with E-state index in [0.29, 0.717) is 36.5 Å². The molecule has 2 heterocycles. The molecule has 0 saturated carbocycles. The van der Waals surface area contributed by atoms with Crippen LogP contribution in [-0.4, -0.2) is 62.6 Å². The zero-order valence-electron chi connectivity index (χ0n) is 22.0. The lowest BCUT2D eigenvalue weighted by molar-refractivity contribution is -0.274. The van der Waals surface area contributed by atoms with Crippen LogP contribution in [0.5, 0.6) is 5.75 Å². The number of β-amino-alcohol motifs (C(OH)–C–C–N with tert-alkyl or cyclic N) is 1. The van der Waals surface area contributed by atoms with E-state index in [0.717, 1.165) is 11.3 Å². The Hall–Kier alpha value is -3.44. The van der Waals surface area contributed by atoms with Crippen LogP contribution in [0, 0.1) is 6.92 Å². The predicted octanol–water partition coefficient (Wildman–Crippen LogP) is 5.90. The topological polar surface area (TPSA) is 45.2 Å². The van der Waals surface area contributed by atoms with Crippen molar-refractivity contribution in [2.45, 2.75) is 36.6 Å². The number of ether oxygens (including phenoxy) is 2. The molecule has 5 nitrogen and oxygen atoms in total.